The van der Waals surface area contributed by atoms with E-state index in [9.17, 15) is 17.6 Å². The van der Waals surface area contributed by atoms with Gasteiger partial charge in [-0.1, -0.05) is 41.9 Å². The molecule has 0 N–H and O–H groups in total. The third kappa shape index (κ3) is 4.30. The van der Waals surface area contributed by atoms with E-state index in [1.54, 1.807) is 19.1 Å². The predicted octanol–water partition coefficient (Wildman–Crippen LogP) is 6.44. The summed E-state index contributed by atoms with van der Waals surface area (Å²) in [5, 5.41) is 0.413. The van der Waals surface area contributed by atoms with Crippen LogP contribution in [0, 0.1) is 5.82 Å². The normalized spacial score (nSPS) is 14.0. The van der Waals surface area contributed by atoms with Crippen LogP contribution in [0.4, 0.5) is 17.6 Å². The molecule has 0 fully saturated rings. The van der Waals surface area contributed by atoms with Crippen molar-refractivity contribution in [3.8, 4) is 0 Å². The SMILES string of the molecule is C[C@](Cc1ccccc1)(c1cc(F)cc(C(F)(F)F)c1)c1ccc(Cl)cn1. The molecule has 0 saturated heterocycles. The van der Waals surface area contributed by atoms with Gasteiger partial charge in [0.2, 0.25) is 0 Å². The molecular weight excluding hydrogens is 378 g/mol. The molecule has 0 radical (unpaired) electrons. The van der Waals surface area contributed by atoms with Gasteiger partial charge in [0.15, 0.2) is 0 Å². The van der Waals surface area contributed by atoms with Crippen LogP contribution in [0.3, 0.4) is 0 Å². The summed E-state index contributed by atoms with van der Waals surface area (Å²) in [5.74, 6) is -0.937. The topological polar surface area (TPSA) is 12.9 Å². The van der Waals surface area contributed by atoms with Gasteiger partial charge in [0.05, 0.1) is 16.3 Å². The van der Waals surface area contributed by atoms with Crippen LogP contribution in [-0.4, -0.2) is 4.98 Å². The summed E-state index contributed by atoms with van der Waals surface area (Å²) in [7, 11) is 0. The number of hydrogen-bond acceptors (Lipinski definition) is 1. The predicted molar refractivity (Wildman–Crippen MR) is 97.2 cm³/mol. The number of pyridine rings is 1. The van der Waals surface area contributed by atoms with Crippen LogP contribution in [0.5, 0.6) is 0 Å². The average Bonchev–Trinajstić information content (AvgIpc) is 2.61. The molecule has 0 aliphatic carbocycles. The Morgan fingerprint density at radius 2 is 1.59 bits per heavy atom. The van der Waals surface area contributed by atoms with Crippen molar-refractivity contribution in [2.45, 2.75) is 24.9 Å². The second-order valence-electron chi connectivity index (χ2n) is 6.58. The van der Waals surface area contributed by atoms with Gasteiger partial charge in [0.25, 0.3) is 0 Å². The summed E-state index contributed by atoms with van der Waals surface area (Å²) in [4.78, 5) is 4.31. The first-order valence-electron chi connectivity index (χ1n) is 8.23. The third-order valence-electron chi connectivity index (χ3n) is 4.56. The molecule has 1 heterocycles. The number of benzene rings is 2. The Morgan fingerprint density at radius 3 is 2.19 bits per heavy atom. The molecule has 1 aromatic heterocycles. The van der Waals surface area contributed by atoms with Crippen LogP contribution in [-0.2, 0) is 18.0 Å². The smallest absolute Gasteiger partial charge is 0.259 e. The number of rotatable bonds is 4. The van der Waals surface area contributed by atoms with Gasteiger partial charge in [-0.05, 0) is 54.8 Å². The summed E-state index contributed by atoms with van der Waals surface area (Å²) in [5.41, 5.74) is -0.392. The summed E-state index contributed by atoms with van der Waals surface area (Å²) in [6.07, 6.45) is -2.86. The van der Waals surface area contributed by atoms with Crippen LogP contribution in [0.1, 0.15) is 29.3 Å². The Labute approximate surface area is 159 Å². The van der Waals surface area contributed by atoms with Gasteiger partial charge in [-0.3, -0.25) is 4.98 Å². The van der Waals surface area contributed by atoms with Crippen LogP contribution >= 0.6 is 11.6 Å². The zero-order valence-electron chi connectivity index (χ0n) is 14.4. The van der Waals surface area contributed by atoms with Crippen LogP contribution in [0.2, 0.25) is 5.02 Å². The van der Waals surface area contributed by atoms with Gasteiger partial charge in [0, 0.05) is 11.6 Å². The molecule has 0 unspecified atom stereocenters. The summed E-state index contributed by atoms with van der Waals surface area (Å²) < 4.78 is 53.7. The second-order valence-corrected chi connectivity index (χ2v) is 7.02. The maximum absolute atomic E-state index is 14.1. The highest BCUT2D eigenvalue weighted by molar-refractivity contribution is 6.30. The summed E-state index contributed by atoms with van der Waals surface area (Å²) >= 11 is 5.91. The number of aromatic nitrogens is 1. The van der Waals surface area contributed by atoms with Gasteiger partial charge in [0.1, 0.15) is 5.82 Å². The zero-order valence-corrected chi connectivity index (χ0v) is 15.2. The molecular formula is C21H16ClF4N. The Hall–Kier alpha value is -2.40. The molecule has 1 atom stereocenters. The zero-order chi connectivity index (χ0) is 19.7. The fraction of sp³-hybridized carbons (Fsp3) is 0.190. The minimum atomic E-state index is -4.64. The van der Waals surface area contributed by atoms with Crippen LogP contribution in [0.15, 0.2) is 66.9 Å². The van der Waals surface area contributed by atoms with Crippen molar-refractivity contribution in [2.75, 3.05) is 0 Å². The standard InChI is InChI=1S/C21H16ClF4N/c1-20(12-14-5-3-2-4-6-14,19-8-7-17(22)13-27-19)15-9-16(21(24,25)26)11-18(23)10-15/h2-11,13H,12H2,1H3/t20-/m0/s1. The van der Waals surface area contributed by atoms with Gasteiger partial charge < -0.3 is 0 Å². The van der Waals surface area contributed by atoms with Crippen molar-refractivity contribution < 1.29 is 17.6 Å². The number of alkyl halides is 3. The molecule has 3 rings (SSSR count). The fourth-order valence-electron chi connectivity index (χ4n) is 3.12. The van der Waals surface area contributed by atoms with E-state index in [0.717, 1.165) is 17.7 Å². The molecule has 0 aliphatic rings. The Balaban J connectivity index is 2.18. The average molecular weight is 394 g/mol. The molecule has 2 aromatic carbocycles. The number of halogens is 5. The first-order valence-corrected chi connectivity index (χ1v) is 8.60. The van der Waals surface area contributed by atoms with Crippen LogP contribution in [0.25, 0.3) is 0 Å². The molecule has 0 amide bonds. The number of hydrogen-bond donors (Lipinski definition) is 0. The van der Waals surface area contributed by atoms with E-state index in [2.05, 4.69) is 4.98 Å². The van der Waals surface area contributed by atoms with E-state index in [1.807, 2.05) is 30.3 Å². The lowest BCUT2D eigenvalue weighted by atomic mass is 9.74. The highest BCUT2D eigenvalue weighted by atomic mass is 35.5. The Kier molecular flexibility index (Phi) is 5.24. The van der Waals surface area contributed by atoms with Gasteiger partial charge in [-0.2, -0.15) is 13.2 Å². The molecule has 0 aliphatic heterocycles. The van der Waals surface area contributed by atoms with E-state index in [0.29, 0.717) is 23.2 Å². The Bertz CT molecular complexity index is 923. The first-order chi connectivity index (χ1) is 12.7. The monoisotopic (exact) mass is 393 g/mol. The second kappa shape index (κ2) is 7.31. The molecule has 6 heteroatoms. The highest BCUT2D eigenvalue weighted by Crippen LogP contribution is 2.38. The van der Waals surface area contributed by atoms with Crippen molar-refractivity contribution in [3.05, 3.63) is 100 Å². The number of nitrogens with zero attached hydrogens (tertiary/aromatic N) is 1. The van der Waals surface area contributed by atoms with E-state index in [4.69, 9.17) is 11.6 Å². The summed E-state index contributed by atoms with van der Waals surface area (Å²) in [6.45, 7) is 1.76. The summed E-state index contributed by atoms with van der Waals surface area (Å²) in [6, 6.07) is 15.2. The molecule has 0 bridgehead atoms. The largest absolute Gasteiger partial charge is 0.416 e. The van der Waals surface area contributed by atoms with Crippen molar-refractivity contribution in [1.82, 2.24) is 4.98 Å². The van der Waals surface area contributed by atoms with Gasteiger partial charge in [-0.15, -0.1) is 0 Å². The maximum Gasteiger partial charge on any atom is 0.416 e. The van der Waals surface area contributed by atoms with E-state index >= 15 is 0 Å². The minimum Gasteiger partial charge on any atom is -0.259 e. The molecule has 1 nitrogen and oxygen atoms in total. The first kappa shape index (κ1) is 19.4. The van der Waals surface area contributed by atoms with Crippen molar-refractivity contribution in [3.63, 3.8) is 0 Å². The molecule has 27 heavy (non-hydrogen) atoms. The minimum absolute atomic E-state index is 0.202. The van der Waals surface area contributed by atoms with E-state index in [-0.39, 0.29) is 5.56 Å². The maximum atomic E-state index is 14.1. The van der Waals surface area contributed by atoms with Crippen molar-refractivity contribution in [1.29, 1.82) is 0 Å². The lowest BCUT2D eigenvalue weighted by molar-refractivity contribution is -0.137. The lowest BCUT2D eigenvalue weighted by Crippen LogP contribution is -2.28. The van der Waals surface area contributed by atoms with Crippen molar-refractivity contribution in [2.24, 2.45) is 0 Å². The van der Waals surface area contributed by atoms with Crippen molar-refractivity contribution >= 4 is 11.6 Å². The fourth-order valence-corrected chi connectivity index (χ4v) is 3.23. The highest BCUT2D eigenvalue weighted by Gasteiger charge is 2.36. The Morgan fingerprint density at radius 1 is 0.926 bits per heavy atom. The van der Waals surface area contributed by atoms with Gasteiger partial charge in [-0.25, -0.2) is 4.39 Å². The van der Waals surface area contributed by atoms with Gasteiger partial charge >= 0.3 is 6.18 Å². The molecule has 0 spiro atoms. The van der Waals surface area contributed by atoms with E-state index in [1.165, 1.54) is 6.20 Å². The lowest BCUT2D eigenvalue weighted by Gasteiger charge is -2.31. The quantitative estimate of drug-likeness (QED) is 0.465. The molecule has 140 valence electrons. The van der Waals surface area contributed by atoms with E-state index < -0.39 is 23.0 Å². The van der Waals surface area contributed by atoms with Crippen LogP contribution < -0.4 is 0 Å². The third-order valence-corrected chi connectivity index (χ3v) is 4.78. The molecule has 0 saturated carbocycles. The molecule has 3 aromatic rings.